The molecule has 0 unspecified atom stereocenters. The SMILES string of the molecule is CC(=O)c1cc[n+](CCC[n+]2ccc(CN=O)cc2)cc1. The fraction of sp³-hybridized carbons (Fsp3) is 0.312. The van der Waals surface area contributed by atoms with Gasteiger partial charge in [-0.1, -0.05) is 5.18 Å². The Morgan fingerprint density at radius 1 is 1.00 bits per heavy atom. The first-order valence-corrected chi connectivity index (χ1v) is 6.96. The van der Waals surface area contributed by atoms with Crippen LogP contribution in [0.3, 0.4) is 0 Å². The molecule has 0 aliphatic heterocycles. The first-order chi connectivity index (χ1) is 10.2. The van der Waals surface area contributed by atoms with Gasteiger partial charge in [-0.25, -0.2) is 9.13 Å². The topological polar surface area (TPSA) is 54.3 Å². The average Bonchev–Trinajstić information content (AvgIpc) is 2.50. The second-order valence-electron chi connectivity index (χ2n) is 4.97. The number of nitrogens with zero attached hydrogens (tertiary/aromatic N) is 3. The first kappa shape index (κ1) is 15.0. The molecule has 2 aromatic heterocycles. The Labute approximate surface area is 123 Å². The Morgan fingerprint density at radius 3 is 2.00 bits per heavy atom. The Bertz CT molecular complexity index is 606. The molecule has 0 saturated heterocycles. The molecule has 0 atom stereocenters. The highest BCUT2D eigenvalue weighted by atomic mass is 16.3. The zero-order valence-electron chi connectivity index (χ0n) is 12.1. The number of aryl methyl sites for hydroxylation is 2. The van der Waals surface area contributed by atoms with Crippen molar-refractivity contribution in [3.63, 3.8) is 0 Å². The van der Waals surface area contributed by atoms with E-state index in [0.717, 1.165) is 30.6 Å². The third kappa shape index (κ3) is 4.56. The van der Waals surface area contributed by atoms with Gasteiger partial charge < -0.3 is 0 Å². The van der Waals surface area contributed by atoms with Gasteiger partial charge in [0, 0.05) is 29.8 Å². The summed E-state index contributed by atoms with van der Waals surface area (Å²) < 4.78 is 4.15. The zero-order valence-corrected chi connectivity index (χ0v) is 12.1. The molecule has 21 heavy (non-hydrogen) atoms. The molecule has 2 heterocycles. The molecule has 0 aromatic carbocycles. The summed E-state index contributed by atoms with van der Waals surface area (Å²) in [5.74, 6) is 0.0857. The Morgan fingerprint density at radius 2 is 1.52 bits per heavy atom. The lowest BCUT2D eigenvalue weighted by molar-refractivity contribution is -0.726. The summed E-state index contributed by atoms with van der Waals surface area (Å²) in [6.07, 6.45) is 8.77. The molecule has 5 nitrogen and oxygen atoms in total. The summed E-state index contributed by atoms with van der Waals surface area (Å²) in [6.45, 7) is 3.58. The number of rotatable bonds is 7. The van der Waals surface area contributed by atoms with E-state index in [2.05, 4.69) is 14.3 Å². The standard InChI is InChI=1S/C16H19N3O2/c1-14(20)16-5-11-19(12-6-16)8-2-7-18-9-3-15(4-10-18)13-17-21/h3-6,9-12H,2,7-8,13H2,1H3/q+2. The van der Waals surface area contributed by atoms with Crippen molar-refractivity contribution in [2.24, 2.45) is 5.18 Å². The lowest BCUT2D eigenvalue weighted by Crippen LogP contribution is -2.38. The van der Waals surface area contributed by atoms with Crippen molar-refractivity contribution in [1.82, 2.24) is 0 Å². The molecular formula is C16H19N3O2+2. The molecule has 2 rings (SSSR count). The summed E-state index contributed by atoms with van der Waals surface area (Å²) in [5.41, 5.74) is 1.66. The van der Waals surface area contributed by atoms with Crippen LogP contribution in [0.1, 0.15) is 29.3 Å². The van der Waals surface area contributed by atoms with E-state index in [1.165, 1.54) is 0 Å². The van der Waals surface area contributed by atoms with Gasteiger partial charge >= 0.3 is 0 Å². The number of Topliss-reactive ketones (excluding diaryl/α,β-unsaturated/α-hetero) is 1. The van der Waals surface area contributed by atoms with Gasteiger partial charge in [-0.05, 0) is 12.5 Å². The second-order valence-corrected chi connectivity index (χ2v) is 4.97. The number of hydrogen-bond acceptors (Lipinski definition) is 3. The summed E-state index contributed by atoms with van der Waals surface area (Å²) in [7, 11) is 0. The van der Waals surface area contributed by atoms with Crippen LogP contribution in [0.25, 0.3) is 0 Å². The minimum Gasteiger partial charge on any atom is -0.295 e. The number of aromatic nitrogens is 2. The molecule has 0 saturated carbocycles. The fourth-order valence-electron chi connectivity index (χ4n) is 2.09. The summed E-state index contributed by atoms with van der Waals surface area (Å²) in [5, 5.41) is 2.87. The molecule has 0 aliphatic carbocycles. The highest BCUT2D eigenvalue weighted by Crippen LogP contribution is 1.98. The Balaban J connectivity index is 1.83. The summed E-state index contributed by atoms with van der Waals surface area (Å²) in [4.78, 5) is 21.4. The Kier molecular flexibility index (Phi) is 5.26. The van der Waals surface area contributed by atoms with E-state index in [0.29, 0.717) is 0 Å². The predicted octanol–water partition coefficient (Wildman–Crippen LogP) is 1.82. The van der Waals surface area contributed by atoms with Gasteiger partial charge in [0.1, 0.15) is 6.54 Å². The maximum absolute atomic E-state index is 11.2. The minimum absolute atomic E-state index is 0.0857. The van der Waals surface area contributed by atoms with E-state index in [4.69, 9.17) is 0 Å². The maximum atomic E-state index is 11.2. The molecular weight excluding hydrogens is 266 g/mol. The number of carbonyl (C=O) groups is 1. The van der Waals surface area contributed by atoms with E-state index in [1.54, 1.807) is 6.92 Å². The van der Waals surface area contributed by atoms with Crippen molar-refractivity contribution in [2.75, 3.05) is 0 Å². The van der Waals surface area contributed by atoms with Gasteiger partial charge in [-0.2, -0.15) is 4.91 Å². The number of carbonyl (C=O) groups excluding carboxylic acids is 1. The molecule has 2 aromatic rings. The lowest BCUT2D eigenvalue weighted by Gasteiger charge is -1.98. The van der Waals surface area contributed by atoms with Crippen LogP contribution in [0.2, 0.25) is 0 Å². The fourth-order valence-corrected chi connectivity index (χ4v) is 2.09. The normalized spacial score (nSPS) is 10.3. The molecule has 0 spiro atoms. The molecule has 0 bridgehead atoms. The first-order valence-electron chi connectivity index (χ1n) is 6.96. The van der Waals surface area contributed by atoms with Crippen molar-refractivity contribution in [2.45, 2.75) is 33.0 Å². The monoisotopic (exact) mass is 285 g/mol. The second kappa shape index (κ2) is 7.38. The van der Waals surface area contributed by atoms with Crippen LogP contribution in [0.4, 0.5) is 0 Å². The molecule has 0 N–H and O–H groups in total. The average molecular weight is 285 g/mol. The van der Waals surface area contributed by atoms with E-state index in [9.17, 15) is 9.70 Å². The summed E-state index contributed by atoms with van der Waals surface area (Å²) >= 11 is 0. The lowest BCUT2D eigenvalue weighted by atomic mass is 10.2. The molecule has 0 amide bonds. The molecule has 0 fully saturated rings. The molecule has 108 valence electrons. The largest absolute Gasteiger partial charge is 0.295 e. The maximum Gasteiger partial charge on any atom is 0.169 e. The van der Waals surface area contributed by atoms with Gasteiger partial charge in [0.15, 0.2) is 43.7 Å². The van der Waals surface area contributed by atoms with Gasteiger partial charge in [0.25, 0.3) is 0 Å². The third-order valence-electron chi connectivity index (χ3n) is 3.34. The van der Waals surface area contributed by atoms with Crippen molar-refractivity contribution < 1.29 is 13.9 Å². The van der Waals surface area contributed by atoms with Crippen LogP contribution in [0.15, 0.2) is 54.2 Å². The quantitative estimate of drug-likeness (QED) is 0.442. The smallest absolute Gasteiger partial charge is 0.169 e. The van der Waals surface area contributed by atoms with Crippen molar-refractivity contribution in [3.8, 4) is 0 Å². The number of pyridine rings is 2. The van der Waals surface area contributed by atoms with Crippen LogP contribution in [0.5, 0.6) is 0 Å². The van der Waals surface area contributed by atoms with E-state index in [-0.39, 0.29) is 12.3 Å². The summed E-state index contributed by atoms with van der Waals surface area (Å²) in [6, 6.07) is 7.51. The van der Waals surface area contributed by atoms with Crippen LogP contribution >= 0.6 is 0 Å². The van der Waals surface area contributed by atoms with Crippen molar-refractivity contribution in [3.05, 3.63) is 65.1 Å². The van der Waals surface area contributed by atoms with Crippen LogP contribution in [0, 0.1) is 4.91 Å². The van der Waals surface area contributed by atoms with E-state index >= 15 is 0 Å². The van der Waals surface area contributed by atoms with Crippen molar-refractivity contribution >= 4 is 5.78 Å². The number of nitroso groups, excluding NO2 is 1. The number of hydrogen-bond donors (Lipinski definition) is 0. The van der Waals surface area contributed by atoms with Crippen molar-refractivity contribution in [1.29, 1.82) is 0 Å². The number of ketones is 1. The zero-order chi connectivity index (χ0) is 15.1. The van der Waals surface area contributed by atoms with E-state index < -0.39 is 0 Å². The predicted molar refractivity (Wildman–Crippen MR) is 77.4 cm³/mol. The highest BCUT2D eigenvalue weighted by molar-refractivity contribution is 5.93. The van der Waals surface area contributed by atoms with Gasteiger partial charge in [-0.15, -0.1) is 0 Å². The molecule has 0 radical (unpaired) electrons. The van der Waals surface area contributed by atoms with Gasteiger partial charge in [0.05, 0.1) is 6.42 Å². The van der Waals surface area contributed by atoms with Gasteiger partial charge in [-0.3, -0.25) is 4.79 Å². The van der Waals surface area contributed by atoms with Gasteiger partial charge in [0.2, 0.25) is 0 Å². The third-order valence-corrected chi connectivity index (χ3v) is 3.34. The Hall–Kier alpha value is -2.43. The van der Waals surface area contributed by atoms with Crippen LogP contribution in [-0.2, 0) is 19.6 Å². The highest BCUT2D eigenvalue weighted by Gasteiger charge is 2.06. The minimum atomic E-state index is 0.0857. The molecule has 5 heteroatoms. The molecule has 0 aliphatic rings. The van der Waals surface area contributed by atoms with E-state index in [1.807, 2.05) is 49.1 Å². The van der Waals surface area contributed by atoms with Crippen LogP contribution < -0.4 is 9.13 Å². The van der Waals surface area contributed by atoms with Crippen LogP contribution in [-0.4, -0.2) is 5.78 Å².